The van der Waals surface area contributed by atoms with E-state index in [0.29, 0.717) is 6.54 Å². The van der Waals surface area contributed by atoms with Crippen LogP contribution in [0.4, 0.5) is 0 Å². The minimum Gasteiger partial charge on any atom is -0.481 e. The molecule has 0 rings (SSSR count). The van der Waals surface area contributed by atoms with Gasteiger partial charge in [0.05, 0.1) is 13.0 Å². The van der Waals surface area contributed by atoms with Crippen molar-refractivity contribution in [2.24, 2.45) is 5.41 Å². The van der Waals surface area contributed by atoms with Crippen molar-refractivity contribution in [2.75, 3.05) is 19.7 Å². The van der Waals surface area contributed by atoms with E-state index in [2.05, 4.69) is 6.58 Å². The zero-order valence-corrected chi connectivity index (χ0v) is 10.5. The van der Waals surface area contributed by atoms with Crippen molar-refractivity contribution in [3.05, 3.63) is 12.7 Å². The number of nitrogens with zero attached hydrogens (tertiary/aromatic N) is 1. The molecular weight excluding hydrogens is 222 g/mol. The Morgan fingerprint density at radius 3 is 2.35 bits per heavy atom. The molecule has 0 saturated carbocycles. The molecule has 0 heterocycles. The molecule has 0 radical (unpaired) electrons. The third kappa shape index (κ3) is 6.73. The molecule has 0 aromatic rings. The Kier molecular flexibility index (Phi) is 6.50. The van der Waals surface area contributed by atoms with Crippen molar-refractivity contribution in [2.45, 2.75) is 26.7 Å². The minimum atomic E-state index is -0.916. The van der Waals surface area contributed by atoms with Crippen LogP contribution in [-0.4, -0.2) is 46.7 Å². The quantitative estimate of drug-likeness (QED) is 0.620. The standard InChI is InChI=1S/C12H21NO4/c1-4-5-13(6-7-14)10(15)8-12(2,3)9-11(16)17/h4,14H,1,5-9H2,2-3H3,(H,16,17). The van der Waals surface area contributed by atoms with Crippen molar-refractivity contribution in [1.29, 1.82) is 0 Å². The maximum Gasteiger partial charge on any atom is 0.303 e. The van der Waals surface area contributed by atoms with E-state index in [1.807, 2.05) is 0 Å². The summed E-state index contributed by atoms with van der Waals surface area (Å²) >= 11 is 0. The predicted molar refractivity (Wildman–Crippen MR) is 64.5 cm³/mol. The van der Waals surface area contributed by atoms with Gasteiger partial charge >= 0.3 is 5.97 Å². The number of carbonyl (C=O) groups excluding carboxylic acids is 1. The van der Waals surface area contributed by atoms with E-state index in [4.69, 9.17) is 10.2 Å². The lowest BCUT2D eigenvalue weighted by Gasteiger charge is -2.27. The number of rotatable bonds is 8. The number of aliphatic hydroxyl groups is 1. The normalized spacial score (nSPS) is 11.0. The Labute approximate surface area is 102 Å². The molecule has 0 bridgehead atoms. The summed E-state index contributed by atoms with van der Waals surface area (Å²) < 4.78 is 0. The highest BCUT2D eigenvalue weighted by Gasteiger charge is 2.27. The van der Waals surface area contributed by atoms with Gasteiger partial charge in [-0.25, -0.2) is 0 Å². The van der Waals surface area contributed by atoms with Crippen molar-refractivity contribution >= 4 is 11.9 Å². The van der Waals surface area contributed by atoms with Crippen LogP contribution in [0, 0.1) is 5.41 Å². The van der Waals surface area contributed by atoms with Crippen LogP contribution in [0.15, 0.2) is 12.7 Å². The second-order valence-electron chi connectivity index (χ2n) is 4.76. The van der Waals surface area contributed by atoms with Crippen LogP contribution in [-0.2, 0) is 9.59 Å². The fourth-order valence-electron chi connectivity index (χ4n) is 1.59. The molecule has 0 aliphatic carbocycles. The highest BCUT2D eigenvalue weighted by molar-refractivity contribution is 5.78. The molecule has 0 aliphatic rings. The number of aliphatic hydroxyl groups excluding tert-OH is 1. The highest BCUT2D eigenvalue weighted by Crippen LogP contribution is 2.25. The van der Waals surface area contributed by atoms with Crippen LogP contribution < -0.4 is 0 Å². The number of carboxylic acids is 1. The molecule has 0 spiro atoms. The average molecular weight is 243 g/mol. The maximum atomic E-state index is 11.9. The summed E-state index contributed by atoms with van der Waals surface area (Å²) in [6, 6.07) is 0. The van der Waals surface area contributed by atoms with Crippen molar-refractivity contribution in [3.63, 3.8) is 0 Å². The molecule has 0 unspecified atom stereocenters. The zero-order chi connectivity index (χ0) is 13.5. The first-order valence-electron chi connectivity index (χ1n) is 5.53. The fourth-order valence-corrected chi connectivity index (χ4v) is 1.59. The summed E-state index contributed by atoms with van der Waals surface area (Å²) in [4.78, 5) is 24.0. The first-order chi connectivity index (χ1) is 7.82. The number of carbonyl (C=O) groups is 2. The molecule has 2 N–H and O–H groups in total. The van der Waals surface area contributed by atoms with E-state index in [0.717, 1.165) is 0 Å². The molecule has 1 amide bonds. The SMILES string of the molecule is C=CCN(CCO)C(=O)CC(C)(C)CC(=O)O. The number of carboxylic acid groups (broad SMARTS) is 1. The van der Waals surface area contributed by atoms with Gasteiger partial charge < -0.3 is 15.1 Å². The largest absolute Gasteiger partial charge is 0.481 e. The van der Waals surface area contributed by atoms with Crippen LogP contribution in [0.5, 0.6) is 0 Å². The Hall–Kier alpha value is -1.36. The van der Waals surface area contributed by atoms with Crippen molar-refractivity contribution in [3.8, 4) is 0 Å². The average Bonchev–Trinajstić information content (AvgIpc) is 2.14. The molecule has 5 heteroatoms. The Balaban J connectivity index is 4.46. The maximum absolute atomic E-state index is 11.9. The predicted octanol–water partition coefficient (Wildman–Crippen LogP) is 0.884. The number of hydrogen-bond acceptors (Lipinski definition) is 3. The van der Waals surface area contributed by atoms with E-state index in [-0.39, 0.29) is 31.9 Å². The van der Waals surface area contributed by atoms with Gasteiger partial charge in [0.1, 0.15) is 0 Å². The molecule has 17 heavy (non-hydrogen) atoms. The number of amides is 1. The molecule has 0 saturated heterocycles. The second kappa shape index (κ2) is 7.06. The fraction of sp³-hybridized carbons (Fsp3) is 0.667. The van der Waals surface area contributed by atoms with Crippen molar-refractivity contribution in [1.82, 2.24) is 4.90 Å². The molecule has 0 aromatic heterocycles. The first-order valence-corrected chi connectivity index (χ1v) is 5.53. The zero-order valence-electron chi connectivity index (χ0n) is 10.5. The van der Waals surface area contributed by atoms with E-state index in [1.165, 1.54) is 4.90 Å². The molecule has 0 atom stereocenters. The van der Waals surface area contributed by atoms with Gasteiger partial charge in [-0.1, -0.05) is 19.9 Å². The Bertz CT molecular complexity index is 286. The molecular formula is C12H21NO4. The summed E-state index contributed by atoms with van der Waals surface area (Å²) in [5.41, 5.74) is -0.586. The van der Waals surface area contributed by atoms with Crippen molar-refractivity contribution < 1.29 is 19.8 Å². The minimum absolute atomic E-state index is 0.0558. The summed E-state index contributed by atoms with van der Waals surface area (Å²) in [5, 5.41) is 17.6. The van der Waals surface area contributed by atoms with Crippen LogP contribution in [0.1, 0.15) is 26.7 Å². The highest BCUT2D eigenvalue weighted by atomic mass is 16.4. The van der Waals surface area contributed by atoms with Crippen LogP contribution >= 0.6 is 0 Å². The monoisotopic (exact) mass is 243 g/mol. The molecule has 0 aliphatic heterocycles. The summed E-state index contributed by atoms with van der Waals surface area (Å²) in [6.45, 7) is 7.52. The van der Waals surface area contributed by atoms with Crippen LogP contribution in [0.2, 0.25) is 0 Å². The van der Waals surface area contributed by atoms with E-state index >= 15 is 0 Å². The van der Waals surface area contributed by atoms with Gasteiger partial charge in [-0.15, -0.1) is 6.58 Å². The lowest BCUT2D eigenvalue weighted by atomic mass is 9.85. The van der Waals surface area contributed by atoms with E-state index in [1.54, 1.807) is 19.9 Å². The third-order valence-electron chi connectivity index (χ3n) is 2.33. The summed E-state index contributed by atoms with van der Waals surface area (Å²) in [7, 11) is 0. The molecule has 0 fully saturated rings. The van der Waals surface area contributed by atoms with Gasteiger partial charge in [0, 0.05) is 19.5 Å². The van der Waals surface area contributed by atoms with Gasteiger partial charge in [0.2, 0.25) is 5.91 Å². The smallest absolute Gasteiger partial charge is 0.303 e. The van der Waals surface area contributed by atoms with E-state index < -0.39 is 11.4 Å². The van der Waals surface area contributed by atoms with Crippen LogP contribution in [0.25, 0.3) is 0 Å². The van der Waals surface area contributed by atoms with Gasteiger partial charge in [0.25, 0.3) is 0 Å². The molecule has 5 nitrogen and oxygen atoms in total. The van der Waals surface area contributed by atoms with Gasteiger partial charge in [-0.3, -0.25) is 9.59 Å². The topological polar surface area (TPSA) is 77.8 Å². The number of hydrogen-bond donors (Lipinski definition) is 2. The first kappa shape index (κ1) is 15.6. The Morgan fingerprint density at radius 2 is 1.94 bits per heavy atom. The molecule has 0 aromatic carbocycles. The van der Waals surface area contributed by atoms with E-state index in [9.17, 15) is 9.59 Å². The lowest BCUT2D eigenvalue weighted by Crippen LogP contribution is -2.36. The number of aliphatic carboxylic acids is 1. The van der Waals surface area contributed by atoms with Crippen LogP contribution in [0.3, 0.4) is 0 Å². The summed E-state index contributed by atoms with van der Waals surface area (Å²) in [5.74, 6) is -1.08. The second-order valence-corrected chi connectivity index (χ2v) is 4.76. The lowest BCUT2D eigenvalue weighted by molar-refractivity contribution is -0.140. The third-order valence-corrected chi connectivity index (χ3v) is 2.33. The van der Waals surface area contributed by atoms with Gasteiger partial charge in [-0.05, 0) is 5.41 Å². The molecule has 98 valence electrons. The Morgan fingerprint density at radius 1 is 1.35 bits per heavy atom. The van der Waals surface area contributed by atoms with Gasteiger partial charge in [-0.2, -0.15) is 0 Å². The summed E-state index contributed by atoms with van der Waals surface area (Å²) in [6.07, 6.45) is 1.67. The van der Waals surface area contributed by atoms with Gasteiger partial charge in [0.15, 0.2) is 0 Å².